The number of nitriles is 1. The molecule has 0 spiro atoms. The normalized spacial score (nSPS) is 9.94. The maximum Gasteiger partial charge on any atom is 0.155 e. The zero-order valence-corrected chi connectivity index (χ0v) is 9.83. The smallest absolute Gasteiger partial charge is 0.155 e. The first-order chi connectivity index (χ1) is 8.20. The summed E-state index contributed by atoms with van der Waals surface area (Å²) in [5.74, 6) is 0.750. The predicted octanol–water partition coefficient (Wildman–Crippen LogP) is 1.40. The molecule has 2 aromatic rings. The van der Waals surface area contributed by atoms with Gasteiger partial charge >= 0.3 is 0 Å². The van der Waals surface area contributed by atoms with Crippen molar-refractivity contribution in [1.29, 1.82) is 5.26 Å². The molecule has 0 aliphatic heterocycles. The molecule has 0 atom stereocenters. The Hall–Kier alpha value is -2.35. The van der Waals surface area contributed by atoms with Crippen LogP contribution in [0, 0.1) is 11.3 Å². The van der Waals surface area contributed by atoms with Gasteiger partial charge in [0.25, 0.3) is 0 Å². The number of nitrogens with zero attached hydrogens (tertiary/aromatic N) is 5. The summed E-state index contributed by atoms with van der Waals surface area (Å²) in [5.41, 5.74) is 1.96. The summed E-state index contributed by atoms with van der Waals surface area (Å²) < 4.78 is 1.68. The molecule has 0 N–H and O–H groups in total. The Kier molecular flexibility index (Phi) is 3.06. The fourth-order valence-electron chi connectivity index (χ4n) is 1.48. The van der Waals surface area contributed by atoms with Crippen LogP contribution in [0.2, 0.25) is 0 Å². The maximum atomic E-state index is 8.61. The van der Waals surface area contributed by atoms with Gasteiger partial charge in [0.1, 0.15) is 0 Å². The first kappa shape index (κ1) is 11.1. The number of hydrogen-bond acceptors (Lipinski definition) is 4. The molecule has 0 unspecified atom stereocenters. The second-order valence-electron chi connectivity index (χ2n) is 3.89. The molecule has 86 valence electrons. The Balaban J connectivity index is 2.32. The van der Waals surface area contributed by atoms with E-state index in [2.05, 4.69) is 16.2 Å². The molecule has 0 aliphatic carbocycles. The topological polar surface area (TPSA) is 57.7 Å². The van der Waals surface area contributed by atoms with Gasteiger partial charge in [-0.1, -0.05) is 0 Å². The fourth-order valence-corrected chi connectivity index (χ4v) is 1.48. The number of rotatable bonds is 3. The minimum Gasteiger partial charge on any atom is -0.378 e. The van der Waals surface area contributed by atoms with Gasteiger partial charge < -0.3 is 4.90 Å². The molecule has 0 aliphatic rings. The van der Waals surface area contributed by atoms with Crippen molar-refractivity contribution in [3.8, 4) is 11.9 Å². The van der Waals surface area contributed by atoms with Crippen LogP contribution in [0.1, 0.15) is 5.56 Å². The first-order valence-corrected chi connectivity index (χ1v) is 5.25. The quantitative estimate of drug-likeness (QED) is 0.795. The highest BCUT2D eigenvalue weighted by atomic mass is 15.3. The summed E-state index contributed by atoms with van der Waals surface area (Å²) in [4.78, 5) is 6.26. The second-order valence-corrected chi connectivity index (χ2v) is 3.89. The molecule has 0 amide bonds. The highest BCUT2D eigenvalue weighted by molar-refractivity contribution is 5.48. The standard InChI is InChI=1S/C12H13N5/c1-16(2)11-4-6-14-12(7-11)17-9-10(3-5-13)8-15-17/h4,6-9H,3H2,1-2H3. The molecular weight excluding hydrogens is 214 g/mol. The SMILES string of the molecule is CN(C)c1ccnc(-n2cc(CC#N)cn2)c1. The van der Waals surface area contributed by atoms with Gasteiger partial charge in [0.2, 0.25) is 0 Å². The van der Waals surface area contributed by atoms with Crippen LogP contribution in [0.4, 0.5) is 5.69 Å². The monoisotopic (exact) mass is 227 g/mol. The van der Waals surface area contributed by atoms with Crippen LogP contribution in [0.15, 0.2) is 30.7 Å². The van der Waals surface area contributed by atoms with E-state index in [4.69, 9.17) is 5.26 Å². The summed E-state index contributed by atoms with van der Waals surface area (Å²) in [6.07, 6.45) is 5.63. The lowest BCUT2D eigenvalue weighted by Crippen LogP contribution is -2.09. The van der Waals surface area contributed by atoms with E-state index in [9.17, 15) is 0 Å². The van der Waals surface area contributed by atoms with Crippen molar-refractivity contribution < 1.29 is 0 Å². The minimum atomic E-state index is 0.368. The third-order valence-corrected chi connectivity index (χ3v) is 2.40. The third kappa shape index (κ3) is 2.42. The highest BCUT2D eigenvalue weighted by Gasteiger charge is 2.03. The van der Waals surface area contributed by atoms with E-state index in [-0.39, 0.29) is 0 Å². The maximum absolute atomic E-state index is 8.61. The molecule has 0 saturated heterocycles. The zero-order valence-electron chi connectivity index (χ0n) is 9.83. The summed E-state index contributed by atoms with van der Waals surface area (Å²) in [6.45, 7) is 0. The first-order valence-electron chi connectivity index (χ1n) is 5.25. The Morgan fingerprint density at radius 1 is 1.47 bits per heavy atom. The fraction of sp³-hybridized carbons (Fsp3) is 0.250. The average Bonchev–Trinajstić information content (AvgIpc) is 2.78. The number of hydrogen-bond donors (Lipinski definition) is 0. The Bertz CT molecular complexity index is 550. The van der Waals surface area contributed by atoms with Gasteiger partial charge in [-0.2, -0.15) is 10.4 Å². The lowest BCUT2D eigenvalue weighted by Gasteiger charge is -2.12. The summed E-state index contributed by atoms with van der Waals surface area (Å²) in [6, 6.07) is 5.98. The van der Waals surface area contributed by atoms with Crippen molar-refractivity contribution in [1.82, 2.24) is 14.8 Å². The van der Waals surface area contributed by atoms with Gasteiger partial charge in [-0.15, -0.1) is 0 Å². The molecule has 2 heterocycles. The van der Waals surface area contributed by atoms with Gasteiger partial charge in [0, 0.05) is 43.8 Å². The summed E-state index contributed by atoms with van der Waals surface area (Å²) in [5, 5.41) is 12.8. The van der Waals surface area contributed by atoms with Crippen molar-refractivity contribution in [2.45, 2.75) is 6.42 Å². The molecule has 2 rings (SSSR count). The molecule has 2 aromatic heterocycles. The molecule has 17 heavy (non-hydrogen) atoms. The molecular formula is C12H13N5. The van der Waals surface area contributed by atoms with Crippen LogP contribution >= 0.6 is 0 Å². The van der Waals surface area contributed by atoms with Gasteiger partial charge in [-0.05, 0) is 6.07 Å². The Morgan fingerprint density at radius 2 is 2.29 bits per heavy atom. The Labute approximate surface area is 99.9 Å². The van der Waals surface area contributed by atoms with E-state index >= 15 is 0 Å². The van der Waals surface area contributed by atoms with E-state index in [1.54, 1.807) is 17.1 Å². The zero-order chi connectivity index (χ0) is 12.3. The van der Waals surface area contributed by atoms with Gasteiger partial charge in [0.15, 0.2) is 5.82 Å². The molecule has 0 radical (unpaired) electrons. The molecule has 5 heteroatoms. The molecule has 0 bridgehead atoms. The van der Waals surface area contributed by atoms with E-state index in [1.807, 2.05) is 37.3 Å². The predicted molar refractivity (Wildman–Crippen MR) is 65.0 cm³/mol. The number of aromatic nitrogens is 3. The second kappa shape index (κ2) is 4.66. The van der Waals surface area contributed by atoms with E-state index in [0.717, 1.165) is 17.1 Å². The lowest BCUT2D eigenvalue weighted by molar-refractivity contribution is 0.845. The minimum absolute atomic E-state index is 0.368. The largest absolute Gasteiger partial charge is 0.378 e. The average molecular weight is 227 g/mol. The van der Waals surface area contributed by atoms with Gasteiger partial charge in [0.05, 0.1) is 18.7 Å². The molecule has 0 aromatic carbocycles. The van der Waals surface area contributed by atoms with Crippen molar-refractivity contribution in [3.63, 3.8) is 0 Å². The summed E-state index contributed by atoms with van der Waals surface area (Å²) >= 11 is 0. The van der Waals surface area contributed by atoms with Crippen molar-refractivity contribution in [2.24, 2.45) is 0 Å². The molecule has 0 fully saturated rings. The van der Waals surface area contributed by atoms with E-state index < -0.39 is 0 Å². The number of anilines is 1. The number of pyridine rings is 1. The molecule has 0 saturated carbocycles. The van der Waals surface area contributed by atoms with Gasteiger partial charge in [-0.3, -0.25) is 0 Å². The van der Waals surface area contributed by atoms with Crippen LogP contribution in [0.5, 0.6) is 0 Å². The van der Waals surface area contributed by atoms with Gasteiger partial charge in [-0.25, -0.2) is 9.67 Å². The van der Waals surface area contributed by atoms with Crippen molar-refractivity contribution >= 4 is 5.69 Å². The van der Waals surface area contributed by atoms with Crippen LogP contribution in [0.3, 0.4) is 0 Å². The van der Waals surface area contributed by atoms with Crippen molar-refractivity contribution in [3.05, 3.63) is 36.3 Å². The third-order valence-electron chi connectivity index (χ3n) is 2.40. The van der Waals surface area contributed by atoms with Crippen LogP contribution in [-0.4, -0.2) is 28.9 Å². The van der Waals surface area contributed by atoms with Crippen molar-refractivity contribution in [2.75, 3.05) is 19.0 Å². The Morgan fingerprint density at radius 3 is 3.00 bits per heavy atom. The lowest BCUT2D eigenvalue weighted by atomic mass is 10.3. The highest BCUT2D eigenvalue weighted by Crippen LogP contribution is 2.14. The molecule has 5 nitrogen and oxygen atoms in total. The van der Waals surface area contributed by atoms with Crippen LogP contribution < -0.4 is 4.90 Å². The summed E-state index contributed by atoms with van der Waals surface area (Å²) in [7, 11) is 3.95. The van der Waals surface area contributed by atoms with Crippen LogP contribution in [0.25, 0.3) is 5.82 Å². The van der Waals surface area contributed by atoms with Crippen LogP contribution in [-0.2, 0) is 6.42 Å². The van der Waals surface area contributed by atoms with E-state index in [0.29, 0.717) is 6.42 Å². The van der Waals surface area contributed by atoms with E-state index in [1.165, 1.54) is 0 Å².